The molecule has 1 saturated carbocycles. The second kappa shape index (κ2) is 9.97. The molecule has 10 heteroatoms. The highest BCUT2D eigenvalue weighted by atomic mass is 19.1. The van der Waals surface area contributed by atoms with Crippen LogP contribution in [0.4, 0.5) is 10.1 Å². The number of nitrogens with zero attached hydrogens (tertiary/aromatic N) is 3. The number of anilines is 1. The van der Waals surface area contributed by atoms with E-state index in [4.69, 9.17) is 4.74 Å². The molecule has 1 aromatic rings. The van der Waals surface area contributed by atoms with Gasteiger partial charge in [0, 0.05) is 32.2 Å². The van der Waals surface area contributed by atoms with E-state index < -0.39 is 35.9 Å². The number of fused-ring (bicyclic) bond motifs is 1. The van der Waals surface area contributed by atoms with Crippen molar-refractivity contribution in [2.45, 2.75) is 45.0 Å². The molecule has 4 unspecified atom stereocenters. The number of carbonyl (C=O) groups excluding carboxylic acids is 3. The number of imide groups is 1. The van der Waals surface area contributed by atoms with Gasteiger partial charge in [-0.3, -0.25) is 24.2 Å². The van der Waals surface area contributed by atoms with Crippen molar-refractivity contribution >= 4 is 23.3 Å². The maximum atomic E-state index is 13.9. The van der Waals surface area contributed by atoms with Crippen LogP contribution in [-0.4, -0.2) is 95.2 Å². The first-order valence-corrected chi connectivity index (χ1v) is 11.8. The van der Waals surface area contributed by atoms with Crippen LogP contribution in [0, 0.1) is 17.7 Å². The van der Waals surface area contributed by atoms with Crippen LogP contribution in [0.15, 0.2) is 18.2 Å². The van der Waals surface area contributed by atoms with Crippen molar-refractivity contribution in [2.75, 3.05) is 44.2 Å². The minimum Gasteiger partial charge on any atom is -0.489 e. The summed E-state index contributed by atoms with van der Waals surface area (Å²) >= 11 is 0. The highest BCUT2D eigenvalue weighted by Crippen LogP contribution is 2.38. The summed E-state index contributed by atoms with van der Waals surface area (Å²) in [5, 5.41) is 19.7. The summed E-state index contributed by atoms with van der Waals surface area (Å²) < 4.78 is 19.7. The number of amides is 2. The third-order valence-electron chi connectivity index (χ3n) is 6.82. The number of Topliss-reactive ketones (excluding diaryl/α,β-unsaturated/α-hetero) is 1. The van der Waals surface area contributed by atoms with E-state index in [1.165, 1.54) is 12.1 Å². The smallest absolute Gasteiger partial charge is 0.233 e. The summed E-state index contributed by atoms with van der Waals surface area (Å²) in [7, 11) is 0. The molecule has 2 saturated heterocycles. The standard InChI is InChI=1S/C24H32FN3O6/c1-14(2)34-22-4-3-15(25)9-19(22)27-7-5-26(6-8-27)12-16(29)13-28-23(32)17-10-20(30)21(31)11-18(17)24(28)33/h3-4,9,14,17-18,20-21,30-31H,5-8,10-13H2,1-2H3. The number of hydrogen-bond donors (Lipinski definition) is 2. The fourth-order valence-electron chi connectivity index (χ4n) is 5.09. The van der Waals surface area contributed by atoms with Gasteiger partial charge in [-0.1, -0.05) is 0 Å². The van der Waals surface area contributed by atoms with E-state index in [-0.39, 0.29) is 43.6 Å². The molecular weight excluding hydrogens is 445 g/mol. The van der Waals surface area contributed by atoms with Gasteiger partial charge in [0.25, 0.3) is 0 Å². The normalized spacial score (nSPS) is 27.9. The average Bonchev–Trinajstić information content (AvgIpc) is 3.00. The number of likely N-dealkylation sites (tertiary alicyclic amines) is 1. The van der Waals surface area contributed by atoms with E-state index in [9.17, 15) is 29.0 Å². The first-order chi connectivity index (χ1) is 16.1. The van der Waals surface area contributed by atoms with E-state index in [1.54, 1.807) is 6.07 Å². The van der Waals surface area contributed by atoms with Crippen LogP contribution in [-0.2, 0) is 14.4 Å². The van der Waals surface area contributed by atoms with Crippen molar-refractivity contribution in [1.29, 1.82) is 0 Å². The lowest BCUT2D eigenvalue weighted by Crippen LogP contribution is -2.49. The molecule has 3 aliphatic rings. The number of ketones is 1. The van der Waals surface area contributed by atoms with Crippen LogP contribution in [0.3, 0.4) is 0 Å². The lowest BCUT2D eigenvalue weighted by Gasteiger charge is -2.36. The Kier molecular flexibility index (Phi) is 7.20. The zero-order chi connectivity index (χ0) is 24.6. The molecule has 0 aromatic heterocycles. The zero-order valence-electron chi connectivity index (χ0n) is 19.5. The fraction of sp³-hybridized carbons (Fsp3) is 0.625. The Labute approximate surface area is 198 Å². The first kappa shape index (κ1) is 24.6. The summed E-state index contributed by atoms with van der Waals surface area (Å²) in [6, 6.07) is 4.45. The Morgan fingerprint density at radius 2 is 1.62 bits per heavy atom. The molecule has 0 spiro atoms. The molecule has 2 heterocycles. The Morgan fingerprint density at radius 3 is 2.18 bits per heavy atom. The molecule has 1 aliphatic carbocycles. The molecule has 1 aromatic carbocycles. The molecule has 0 radical (unpaired) electrons. The molecule has 0 bridgehead atoms. The maximum absolute atomic E-state index is 13.9. The number of hydrogen-bond acceptors (Lipinski definition) is 8. The van der Waals surface area contributed by atoms with E-state index in [0.29, 0.717) is 37.6 Å². The SMILES string of the molecule is CC(C)Oc1ccc(F)cc1N1CCN(CC(=O)CN2C(=O)C3CC(O)C(O)CC3C2=O)CC1. The molecule has 2 amide bonds. The van der Waals surface area contributed by atoms with Gasteiger partial charge >= 0.3 is 0 Å². The fourth-order valence-corrected chi connectivity index (χ4v) is 5.09. The van der Waals surface area contributed by atoms with Crippen molar-refractivity contribution < 1.29 is 33.7 Å². The van der Waals surface area contributed by atoms with Gasteiger partial charge in [0.15, 0.2) is 5.78 Å². The number of rotatable bonds is 7. The van der Waals surface area contributed by atoms with Gasteiger partial charge < -0.3 is 19.8 Å². The van der Waals surface area contributed by atoms with Crippen LogP contribution < -0.4 is 9.64 Å². The van der Waals surface area contributed by atoms with Crippen molar-refractivity contribution in [3.8, 4) is 5.75 Å². The number of benzene rings is 1. The zero-order valence-corrected chi connectivity index (χ0v) is 19.5. The molecule has 4 rings (SSSR count). The molecule has 2 N–H and O–H groups in total. The predicted octanol–water partition coefficient (Wildman–Crippen LogP) is 0.421. The second-order valence-electron chi connectivity index (χ2n) is 9.66. The molecule has 9 nitrogen and oxygen atoms in total. The monoisotopic (exact) mass is 477 g/mol. The van der Waals surface area contributed by atoms with Crippen LogP contribution in [0.2, 0.25) is 0 Å². The summed E-state index contributed by atoms with van der Waals surface area (Å²) in [5.41, 5.74) is 0.680. The minimum atomic E-state index is -1.03. The Hall–Kier alpha value is -2.56. The van der Waals surface area contributed by atoms with Crippen LogP contribution in [0.1, 0.15) is 26.7 Å². The minimum absolute atomic E-state index is 0.0334. The number of halogens is 1. The molecule has 4 atom stereocenters. The number of aliphatic hydroxyl groups is 2. The molecule has 186 valence electrons. The number of ether oxygens (including phenoxy) is 1. The van der Waals surface area contributed by atoms with Gasteiger partial charge in [-0.25, -0.2) is 4.39 Å². The maximum Gasteiger partial charge on any atom is 0.233 e. The average molecular weight is 478 g/mol. The van der Waals surface area contributed by atoms with Crippen LogP contribution in [0.5, 0.6) is 5.75 Å². The van der Waals surface area contributed by atoms with Gasteiger partial charge in [-0.05, 0) is 38.8 Å². The van der Waals surface area contributed by atoms with Gasteiger partial charge in [-0.15, -0.1) is 0 Å². The topological polar surface area (TPSA) is 111 Å². The molecular formula is C24H32FN3O6. The lowest BCUT2D eigenvalue weighted by molar-refractivity contribution is -0.143. The molecule has 34 heavy (non-hydrogen) atoms. The third-order valence-corrected chi connectivity index (χ3v) is 6.82. The number of carbonyl (C=O) groups is 3. The quantitative estimate of drug-likeness (QED) is 0.544. The van der Waals surface area contributed by atoms with Gasteiger partial charge in [0.2, 0.25) is 11.8 Å². The van der Waals surface area contributed by atoms with E-state index in [2.05, 4.69) is 0 Å². The van der Waals surface area contributed by atoms with Gasteiger partial charge in [0.1, 0.15) is 11.6 Å². The largest absolute Gasteiger partial charge is 0.489 e. The van der Waals surface area contributed by atoms with Gasteiger partial charge in [0.05, 0.1) is 48.9 Å². The third kappa shape index (κ3) is 5.08. The molecule has 3 fully saturated rings. The predicted molar refractivity (Wildman–Crippen MR) is 121 cm³/mol. The summed E-state index contributed by atoms with van der Waals surface area (Å²) in [6.45, 7) is 5.90. The van der Waals surface area contributed by atoms with Crippen molar-refractivity contribution in [2.24, 2.45) is 11.8 Å². The summed E-state index contributed by atoms with van der Waals surface area (Å²) in [6.07, 6.45) is -2.05. The Bertz CT molecular complexity index is 921. The lowest BCUT2D eigenvalue weighted by atomic mass is 9.78. The van der Waals surface area contributed by atoms with Crippen molar-refractivity contribution in [1.82, 2.24) is 9.80 Å². The first-order valence-electron chi connectivity index (χ1n) is 11.8. The van der Waals surface area contributed by atoms with Crippen molar-refractivity contribution in [3.05, 3.63) is 24.0 Å². The van der Waals surface area contributed by atoms with E-state index in [0.717, 1.165) is 4.90 Å². The molecule has 2 aliphatic heterocycles. The highest BCUT2D eigenvalue weighted by Gasteiger charge is 2.52. The second-order valence-corrected chi connectivity index (χ2v) is 9.66. The van der Waals surface area contributed by atoms with Gasteiger partial charge in [-0.2, -0.15) is 0 Å². The van der Waals surface area contributed by atoms with Crippen LogP contribution >= 0.6 is 0 Å². The summed E-state index contributed by atoms with van der Waals surface area (Å²) in [4.78, 5) is 43.0. The summed E-state index contributed by atoms with van der Waals surface area (Å²) in [5.74, 6) is -2.20. The Morgan fingerprint density at radius 1 is 1.03 bits per heavy atom. The number of aliphatic hydroxyl groups excluding tert-OH is 2. The van der Waals surface area contributed by atoms with E-state index >= 15 is 0 Å². The Balaban J connectivity index is 1.31. The van der Waals surface area contributed by atoms with Crippen LogP contribution in [0.25, 0.3) is 0 Å². The number of piperazine rings is 1. The van der Waals surface area contributed by atoms with E-state index in [1.807, 2.05) is 23.6 Å². The highest BCUT2D eigenvalue weighted by molar-refractivity contribution is 6.07. The van der Waals surface area contributed by atoms with Crippen molar-refractivity contribution in [3.63, 3.8) is 0 Å².